The van der Waals surface area contributed by atoms with Crippen LogP contribution in [0.25, 0.3) is 12.2 Å². The van der Waals surface area contributed by atoms with Gasteiger partial charge in [-0.05, 0) is 30.7 Å². The number of aryl methyl sites for hydroxylation is 1. The highest BCUT2D eigenvalue weighted by atomic mass is 16.4. The Labute approximate surface area is 105 Å². The van der Waals surface area contributed by atoms with E-state index in [-0.39, 0.29) is 5.56 Å². The zero-order chi connectivity index (χ0) is 13.0. The van der Waals surface area contributed by atoms with E-state index >= 15 is 0 Å². The van der Waals surface area contributed by atoms with Crippen LogP contribution in [0, 0.1) is 6.92 Å². The third-order valence-electron chi connectivity index (χ3n) is 2.54. The molecule has 1 heterocycles. The molecule has 0 saturated carbocycles. The molecule has 18 heavy (non-hydrogen) atoms. The fourth-order valence-corrected chi connectivity index (χ4v) is 1.68. The summed E-state index contributed by atoms with van der Waals surface area (Å²) in [6.07, 6.45) is 5.17. The van der Waals surface area contributed by atoms with E-state index in [4.69, 9.17) is 5.11 Å². The van der Waals surface area contributed by atoms with Gasteiger partial charge in [-0.2, -0.15) is 0 Å². The third kappa shape index (κ3) is 2.83. The molecular formula is C15H13NO2. The Hall–Kier alpha value is -2.42. The molecule has 90 valence electrons. The molecule has 0 aliphatic rings. The van der Waals surface area contributed by atoms with Crippen LogP contribution in [0.1, 0.15) is 27.2 Å². The van der Waals surface area contributed by atoms with Gasteiger partial charge in [-0.1, -0.05) is 35.9 Å². The van der Waals surface area contributed by atoms with E-state index in [0.29, 0.717) is 5.69 Å². The molecular weight excluding hydrogens is 226 g/mol. The first-order chi connectivity index (χ1) is 8.66. The summed E-state index contributed by atoms with van der Waals surface area (Å²) >= 11 is 0. The van der Waals surface area contributed by atoms with Gasteiger partial charge in [0.25, 0.3) is 0 Å². The molecule has 0 radical (unpaired) electrons. The standard InChI is InChI=1S/C15H13NO2/c1-11-4-2-5-12(10-11)7-8-14-13(15(17)18)6-3-9-16-14/h2-10H,1H3,(H,17,18). The Balaban J connectivity index is 2.32. The van der Waals surface area contributed by atoms with E-state index in [1.165, 1.54) is 0 Å². The van der Waals surface area contributed by atoms with Crippen LogP contribution >= 0.6 is 0 Å². The molecule has 0 aliphatic heterocycles. The van der Waals surface area contributed by atoms with Crippen LogP contribution < -0.4 is 0 Å². The molecule has 1 aromatic carbocycles. The maximum atomic E-state index is 11.0. The lowest BCUT2D eigenvalue weighted by Crippen LogP contribution is -2.00. The van der Waals surface area contributed by atoms with Crippen LogP contribution in [0.15, 0.2) is 42.6 Å². The van der Waals surface area contributed by atoms with Crippen LogP contribution in [0.2, 0.25) is 0 Å². The van der Waals surface area contributed by atoms with Crippen molar-refractivity contribution in [1.82, 2.24) is 4.98 Å². The predicted molar refractivity (Wildman–Crippen MR) is 71.3 cm³/mol. The van der Waals surface area contributed by atoms with Crippen LogP contribution in [0.4, 0.5) is 0 Å². The summed E-state index contributed by atoms with van der Waals surface area (Å²) in [5.41, 5.74) is 2.86. The van der Waals surface area contributed by atoms with Crippen molar-refractivity contribution < 1.29 is 9.90 Å². The molecule has 0 amide bonds. The van der Waals surface area contributed by atoms with Crippen LogP contribution in [0.3, 0.4) is 0 Å². The van der Waals surface area contributed by atoms with E-state index < -0.39 is 5.97 Å². The minimum absolute atomic E-state index is 0.210. The first-order valence-corrected chi connectivity index (χ1v) is 5.60. The second-order valence-electron chi connectivity index (χ2n) is 3.99. The topological polar surface area (TPSA) is 50.2 Å². The number of benzene rings is 1. The summed E-state index contributed by atoms with van der Waals surface area (Å²) in [5.74, 6) is -0.966. The van der Waals surface area contributed by atoms with Gasteiger partial charge in [-0.15, -0.1) is 0 Å². The van der Waals surface area contributed by atoms with E-state index in [1.807, 2.05) is 37.3 Å². The zero-order valence-corrected chi connectivity index (χ0v) is 10.00. The molecule has 0 bridgehead atoms. The number of hydrogen-bond acceptors (Lipinski definition) is 2. The van der Waals surface area contributed by atoms with E-state index in [0.717, 1.165) is 11.1 Å². The van der Waals surface area contributed by atoms with E-state index in [9.17, 15) is 4.79 Å². The third-order valence-corrected chi connectivity index (χ3v) is 2.54. The maximum Gasteiger partial charge on any atom is 0.337 e. The zero-order valence-electron chi connectivity index (χ0n) is 10.00. The van der Waals surface area contributed by atoms with E-state index in [1.54, 1.807) is 24.4 Å². The lowest BCUT2D eigenvalue weighted by Gasteiger charge is -1.99. The Kier molecular flexibility index (Phi) is 3.53. The number of aromatic nitrogens is 1. The smallest absolute Gasteiger partial charge is 0.337 e. The molecule has 0 aliphatic carbocycles. The molecule has 3 nitrogen and oxygen atoms in total. The van der Waals surface area contributed by atoms with Crippen molar-refractivity contribution in [3.05, 3.63) is 65.0 Å². The van der Waals surface area contributed by atoms with Crippen molar-refractivity contribution in [2.45, 2.75) is 6.92 Å². The largest absolute Gasteiger partial charge is 0.478 e. The first kappa shape index (κ1) is 12.0. The van der Waals surface area contributed by atoms with E-state index in [2.05, 4.69) is 4.98 Å². The summed E-state index contributed by atoms with van der Waals surface area (Å²) in [5, 5.41) is 9.03. The van der Waals surface area contributed by atoms with Crippen LogP contribution in [0.5, 0.6) is 0 Å². The fraction of sp³-hybridized carbons (Fsp3) is 0.0667. The van der Waals surface area contributed by atoms with Crippen molar-refractivity contribution in [3.8, 4) is 0 Å². The highest BCUT2D eigenvalue weighted by Gasteiger charge is 2.07. The second-order valence-corrected chi connectivity index (χ2v) is 3.99. The normalized spacial score (nSPS) is 10.7. The second kappa shape index (κ2) is 5.27. The Bertz CT molecular complexity index is 603. The summed E-state index contributed by atoms with van der Waals surface area (Å²) in [6, 6.07) is 11.1. The van der Waals surface area contributed by atoms with Crippen molar-refractivity contribution in [3.63, 3.8) is 0 Å². The van der Waals surface area contributed by atoms with Gasteiger partial charge in [0.2, 0.25) is 0 Å². The number of aromatic carboxylic acids is 1. The Morgan fingerprint density at radius 1 is 1.22 bits per heavy atom. The number of carboxylic acids is 1. The molecule has 0 atom stereocenters. The summed E-state index contributed by atoms with van der Waals surface area (Å²) in [6.45, 7) is 2.01. The fourth-order valence-electron chi connectivity index (χ4n) is 1.68. The SMILES string of the molecule is Cc1cccc(C=Cc2ncccc2C(=O)O)c1. The summed E-state index contributed by atoms with van der Waals surface area (Å²) in [7, 11) is 0. The minimum Gasteiger partial charge on any atom is -0.478 e. The number of pyridine rings is 1. The molecule has 1 aromatic heterocycles. The lowest BCUT2D eigenvalue weighted by atomic mass is 10.1. The molecule has 0 spiro atoms. The van der Waals surface area contributed by atoms with Gasteiger partial charge >= 0.3 is 5.97 Å². The predicted octanol–water partition coefficient (Wildman–Crippen LogP) is 3.26. The minimum atomic E-state index is -0.966. The van der Waals surface area contributed by atoms with Gasteiger partial charge < -0.3 is 5.11 Å². The number of rotatable bonds is 3. The van der Waals surface area contributed by atoms with Crippen LogP contribution in [-0.2, 0) is 0 Å². The van der Waals surface area contributed by atoms with Gasteiger partial charge in [0.15, 0.2) is 0 Å². The van der Waals surface area contributed by atoms with Gasteiger partial charge in [0.05, 0.1) is 11.3 Å². The number of nitrogens with zero attached hydrogens (tertiary/aromatic N) is 1. The lowest BCUT2D eigenvalue weighted by molar-refractivity contribution is 0.0696. The maximum absolute atomic E-state index is 11.0. The van der Waals surface area contributed by atoms with Crippen molar-refractivity contribution >= 4 is 18.1 Å². The van der Waals surface area contributed by atoms with Gasteiger partial charge in [-0.3, -0.25) is 4.98 Å². The molecule has 0 fully saturated rings. The number of carbonyl (C=O) groups is 1. The van der Waals surface area contributed by atoms with Gasteiger partial charge in [0, 0.05) is 6.20 Å². The quantitative estimate of drug-likeness (QED) is 0.894. The van der Waals surface area contributed by atoms with Crippen molar-refractivity contribution in [2.24, 2.45) is 0 Å². The molecule has 1 N–H and O–H groups in total. The highest BCUT2D eigenvalue weighted by molar-refractivity contribution is 5.92. The number of hydrogen-bond donors (Lipinski definition) is 1. The number of carboxylic acid groups (broad SMARTS) is 1. The van der Waals surface area contributed by atoms with Gasteiger partial charge in [-0.25, -0.2) is 4.79 Å². The summed E-state index contributed by atoms with van der Waals surface area (Å²) in [4.78, 5) is 15.1. The molecule has 0 saturated heterocycles. The highest BCUT2D eigenvalue weighted by Crippen LogP contribution is 2.11. The summed E-state index contributed by atoms with van der Waals surface area (Å²) < 4.78 is 0. The average molecular weight is 239 g/mol. The monoisotopic (exact) mass is 239 g/mol. The van der Waals surface area contributed by atoms with Gasteiger partial charge in [0.1, 0.15) is 0 Å². The average Bonchev–Trinajstić information content (AvgIpc) is 2.37. The van der Waals surface area contributed by atoms with Crippen molar-refractivity contribution in [1.29, 1.82) is 0 Å². The molecule has 2 aromatic rings. The molecule has 2 rings (SSSR count). The van der Waals surface area contributed by atoms with Crippen molar-refractivity contribution in [2.75, 3.05) is 0 Å². The Morgan fingerprint density at radius 2 is 2.06 bits per heavy atom. The first-order valence-electron chi connectivity index (χ1n) is 5.60. The molecule has 0 unspecified atom stereocenters. The molecule has 3 heteroatoms. The Morgan fingerprint density at radius 3 is 2.78 bits per heavy atom. The van der Waals surface area contributed by atoms with Crippen LogP contribution in [-0.4, -0.2) is 16.1 Å².